The third-order valence-corrected chi connectivity index (χ3v) is 3.75. The number of ether oxygens (including phenoxy) is 1. The van der Waals surface area contributed by atoms with E-state index in [1.54, 1.807) is 21.6 Å². The second kappa shape index (κ2) is 7.73. The Hall–Kier alpha value is -0.950. The highest BCUT2D eigenvalue weighted by Gasteiger charge is 2.27. The zero-order valence-corrected chi connectivity index (χ0v) is 13.4. The first kappa shape index (κ1) is 17.1. The van der Waals surface area contributed by atoms with E-state index in [4.69, 9.17) is 10.5 Å². The van der Waals surface area contributed by atoms with Crippen molar-refractivity contribution in [3.8, 4) is 0 Å². The second-order valence-electron chi connectivity index (χ2n) is 5.69. The maximum absolute atomic E-state index is 11.9. The Balaban J connectivity index is 2.32. The van der Waals surface area contributed by atoms with E-state index in [9.17, 15) is 9.59 Å². The van der Waals surface area contributed by atoms with Gasteiger partial charge in [0, 0.05) is 38.5 Å². The van der Waals surface area contributed by atoms with Crippen LogP contribution in [0.15, 0.2) is 0 Å². The molecule has 1 saturated heterocycles. The van der Waals surface area contributed by atoms with Crippen molar-refractivity contribution >= 4 is 23.8 Å². The number of amides is 2. The van der Waals surface area contributed by atoms with E-state index in [2.05, 4.69) is 0 Å². The number of carbonyl (C=O) groups is 2. The van der Waals surface area contributed by atoms with Crippen molar-refractivity contribution in [3.05, 3.63) is 0 Å². The standard InChI is InChI=1S/C13H25N3O3S/c1-13(2,3)19-12(18)16-7-5-15(6-8-16)11(17)10-20-9-4-14/h4-10,14H2,1-3H3. The quantitative estimate of drug-likeness (QED) is 0.776. The van der Waals surface area contributed by atoms with E-state index in [0.29, 0.717) is 38.5 Å². The molecule has 0 aromatic rings. The SMILES string of the molecule is CC(C)(C)OC(=O)N1CCN(C(=O)CSCCN)CC1. The average Bonchev–Trinajstić information content (AvgIpc) is 2.37. The van der Waals surface area contributed by atoms with Crippen LogP contribution in [0.25, 0.3) is 0 Å². The zero-order chi connectivity index (χ0) is 15.2. The Kier molecular flexibility index (Phi) is 6.61. The first-order chi connectivity index (χ1) is 9.33. The molecule has 0 radical (unpaired) electrons. The largest absolute Gasteiger partial charge is 0.444 e. The fraction of sp³-hybridized carbons (Fsp3) is 0.846. The van der Waals surface area contributed by atoms with Gasteiger partial charge in [0.2, 0.25) is 5.91 Å². The van der Waals surface area contributed by atoms with Gasteiger partial charge in [-0.25, -0.2) is 4.79 Å². The van der Waals surface area contributed by atoms with Crippen LogP contribution in [0.3, 0.4) is 0 Å². The molecule has 0 aromatic carbocycles. The lowest BCUT2D eigenvalue weighted by molar-refractivity contribution is -0.130. The molecule has 0 spiro atoms. The van der Waals surface area contributed by atoms with Gasteiger partial charge >= 0.3 is 6.09 Å². The van der Waals surface area contributed by atoms with Crippen LogP contribution in [0.4, 0.5) is 4.79 Å². The number of thioether (sulfide) groups is 1. The smallest absolute Gasteiger partial charge is 0.410 e. The number of nitrogens with two attached hydrogens (primary N) is 1. The Morgan fingerprint density at radius 1 is 1.15 bits per heavy atom. The highest BCUT2D eigenvalue weighted by molar-refractivity contribution is 7.99. The molecule has 2 amide bonds. The molecular formula is C13H25N3O3S. The summed E-state index contributed by atoms with van der Waals surface area (Å²) in [7, 11) is 0. The van der Waals surface area contributed by atoms with Gasteiger partial charge in [-0.15, -0.1) is 0 Å². The van der Waals surface area contributed by atoms with Gasteiger partial charge in [0.1, 0.15) is 5.60 Å². The molecule has 6 nitrogen and oxygen atoms in total. The predicted octanol–water partition coefficient (Wildman–Crippen LogP) is 0.758. The molecule has 0 saturated carbocycles. The Bertz CT molecular complexity index is 336. The highest BCUT2D eigenvalue weighted by Crippen LogP contribution is 2.12. The Morgan fingerprint density at radius 2 is 1.70 bits per heavy atom. The van der Waals surface area contributed by atoms with Crippen LogP contribution >= 0.6 is 11.8 Å². The van der Waals surface area contributed by atoms with Crippen molar-refractivity contribution in [1.29, 1.82) is 0 Å². The molecule has 0 unspecified atom stereocenters. The second-order valence-corrected chi connectivity index (χ2v) is 6.79. The summed E-state index contributed by atoms with van der Waals surface area (Å²) in [5, 5.41) is 0. The summed E-state index contributed by atoms with van der Waals surface area (Å²) in [5.74, 6) is 1.38. The number of carbonyl (C=O) groups excluding carboxylic acids is 2. The lowest BCUT2D eigenvalue weighted by atomic mass is 10.2. The van der Waals surface area contributed by atoms with Crippen LogP contribution in [0.1, 0.15) is 20.8 Å². The molecule has 0 bridgehead atoms. The monoisotopic (exact) mass is 303 g/mol. The van der Waals surface area contributed by atoms with Crippen molar-refractivity contribution in [2.45, 2.75) is 26.4 Å². The molecule has 1 heterocycles. The summed E-state index contributed by atoms with van der Waals surface area (Å²) in [6, 6.07) is 0. The Labute approximate surface area is 125 Å². The summed E-state index contributed by atoms with van der Waals surface area (Å²) < 4.78 is 5.32. The van der Waals surface area contributed by atoms with Crippen LogP contribution in [0.2, 0.25) is 0 Å². The number of nitrogens with zero attached hydrogens (tertiary/aromatic N) is 2. The summed E-state index contributed by atoms with van der Waals surface area (Å²) in [6.45, 7) is 8.33. The van der Waals surface area contributed by atoms with E-state index in [-0.39, 0.29) is 12.0 Å². The number of hydrogen-bond donors (Lipinski definition) is 1. The number of hydrogen-bond acceptors (Lipinski definition) is 5. The van der Waals surface area contributed by atoms with Crippen LogP contribution < -0.4 is 5.73 Å². The molecule has 116 valence electrons. The maximum atomic E-state index is 11.9. The van der Waals surface area contributed by atoms with E-state index < -0.39 is 5.60 Å². The van der Waals surface area contributed by atoms with Crippen molar-refractivity contribution in [2.75, 3.05) is 44.2 Å². The minimum absolute atomic E-state index is 0.118. The minimum Gasteiger partial charge on any atom is -0.444 e. The van der Waals surface area contributed by atoms with E-state index >= 15 is 0 Å². The zero-order valence-electron chi connectivity index (χ0n) is 12.6. The summed E-state index contributed by atoms with van der Waals surface area (Å²) >= 11 is 1.55. The van der Waals surface area contributed by atoms with Gasteiger partial charge in [0.25, 0.3) is 0 Å². The first-order valence-corrected chi connectivity index (χ1v) is 8.02. The maximum Gasteiger partial charge on any atom is 0.410 e. The van der Waals surface area contributed by atoms with Crippen LogP contribution in [-0.4, -0.2) is 71.6 Å². The minimum atomic E-state index is -0.483. The van der Waals surface area contributed by atoms with Gasteiger partial charge in [-0.05, 0) is 20.8 Å². The first-order valence-electron chi connectivity index (χ1n) is 6.87. The van der Waals surface area contributed by atoms with E-state index in [1.165, 1.54) is 0 Å². The third kappa shape index (κ3) is 6.00. The van der Waals surface area contributed by atoms with Gasteiger partial charge in [-0.2, -0.15) is 11.8 Å². The fourth-order valence-electron chi connectivity index (χ4n) is 1.80. The normalized spacial score (nSPS) is 16.2. The number of rotatable bonds is 4. The molecule has 1 rings (SSSR count). The van der Waals surface area contributed by atoms with Crippen molar-refractivity contribution in [2.24, 2.45) is 5.73 Å². The van der Waals surface area contributed by atoms with Crippen molar-refractivity contribution in [3.63, 3.8) is 0 Å². The molecular weight excluding hydrogens is 278 g/mol. The van der Waals surface area contributed by atoms with Crippen molar-refractivity contribution < 1.29 is 14.3 Å². The van der Waals surface area contributed by atoms with Gasteiger partial charge in [-0.1, -0.05) is 0 Å². The van der Waals surface area contributed by atoms with Crippen molar-refractivity contribution in [1.82, 2.24) is 9.80 Å². The topological polar surface area (TPSA) is 75.9 Å². The third-order valence-electron chi connectivity index (χ3n) is 2.77. The lowest BCUT2D eigenvalue weighted by Crippen LogP contribution is -2.52. The number of piperazine rings is 1. The molecule has 2 N–H and O–H groups in total. The Morgan fingerprint density at radius 3 is 2.20 bits per heavy atom. The average molecular weight is 303 g/mol. The lowest BCUT2D eigenvalue weighted by Gasteiger charge is -2.35. The summed E-state index contributed by atoms with van der Waals surface area (Å²) in [5.41, 5.74) is 4.91. The van der Waals surface area contributed by atoms with Gasteiger partial charge in [0.05, 0.1) is 5.75 Å². The van der Waals surface area contributed by atoms with Gasteiger partial charge < -0.3 is 20.3 Å². The molecule has 1 aliphatic rings. The van der Waals surface area contributed by atoms with Crippen LogP contribution in [0, 0.1) is 0 Å². The molecule has 20 heavy (non-hydrogen) atoms. The fourth-order valence-corrected chi connectivity index (χ4v) is 2.47. The molecule has 0 atom stereocenters. The van der Waals surface area contributed by atoms with E-state index in [1.807, 2.05) is 20.8 Å². The van der Waals surface area contributed by atoms with E-state index in [0.717, 1.165) is 5.75 Å². The molecule has 1 aliphatic heterocycles. The highest BCUT2D eigenvalue weighted by atomic mass is 32.2. The molecule has 0 aromatic heterocycles. The summed E-state index contributed by atoms with van der Waals surface area (Å²) in [6.07, 6.45) is -0.304. The van der Waals surface area contributed by atoms with Gasteiger partial charge in [-0.3, -0.25) is 4.79 Å². The predicted molar refractivity (Wildman–Crippen MR) is 80.8 cm³/mol. The van der Waals surface area contributed by atoms with Crippen LogP contribution in [0.5, 0.6) is 0 Å². The molecule has 7 heteroatoms. The van der Waals surface area contributed by atoms with Gasteiger partial charge in [0.15, 0.2) is 0 Å². The molecule has 0 aliphatic carbocycles. The van der Waals surface area contributed by atoms with Crippen LogP contribution in [-0.2, 0) is 9.53 Å². The summed E-state index contributed by atoms with van der Waals surface area (Å²) in [4.78, 5) is 27.2. The molecule has 1 fully saturated rings.